The SMILES string of the molecule is CCOc1ccc(-c2nnc(NC(=O)c3ccc(S(=O)(=O)N4CCCCCC4)cc3)o2)cc1OCC. The van der Waals surface area contributed by atoms with Crippen molar-refractivity contribution < 1.29 is 27.1 Å². The predicted molar refractivity (Wildman–Crippen MR) is 134 cm³/mol. The van der Waals surface area contributed by atoms with Gasteiger partial charge in [-0.2, -0.15) is 4.31 Å². The standard InChI is InChI=1S/C25H30N4O6S/c1-3-33-21-14-11-19(17-22(21)34-4-2)24-27-28-25(35-24)26-23(30)18-9-12-20(13-10-18)36(31,32)29-15-7-5-6-8-16-29/h9-14,17H,3-8,15-16H2,1-2H3,(H,26,28,30). The van der Waals surface area contributed by atoms with Gasteiger partial charge >= 0.3 is 6.01 Å². The first-order chi connectivity index (χ1) is 17.4. The van der Waals surface area contributed by atoms with E-state index < -0.39 is 15.9 Å². The van der Waals surface area contributed by atoms with Crippen molar-refractivity contribution >= 4 is 21.9 Å². The van der Waals surface area contributed by atoms with Crippen LogP contribution in [0.2, 0.25) is 0 Å². The van der Waals surface area contributed by atoms with E-state index in [0.717, 1.165) is 25.7 Å². The van der Waals surface area contributed by atoms with Crippen molar-refractivity contribution in [3.8, 4) is 23.0 Å². The number of nitrogens with one attached hydrogen (secondary N) is 1. The summed E-state index contributed by atoms with van der Waals surface area (Å²) < 4.78 is 44.2. The minimum absolute atomic E-state index is 0.0805. The Hall–Kier alpha value is -3.44. The molecule has 0 aliphatic carbocycles. The van der Waals surface area contributed by atoms with Crippen LogP contribution in [-0.2, 0) is 10.0 Å². The van der Waals surface area contributed by atoms with Gasteiger partial charge in [0.1, 0.15) is 0 Å². The fraction of sp³-hybridized carbons (Fsp3) is 0.400. The zero-order valence-electron chi connectivity index (χ0n) is 20.4. The summed E-state index contributed by atoms with van der Waals surface area (Å²) in [6.07, 6.45) is 3.79. The Balaban J connectivity index is 1.45. The number of hydrogen-bond acceptors (Lipinski definition) is 8. The summed E-state index contributed by atoms with van der Waals surface area (Å²) in [7, 11) is -3.59. The lowest BCUT2D eigenvalue weighted by Gasteiger charge is -2.19. The van der Waals surface area contributed by atoms with Crippen LogP contribution in [-0.4, -0.2) is 55.1 Å². The summed E-state index contributed by atoms with van der Waals surface area (Å²) in [5.74, 6) is 0.868. The summed E-state index contributed by atoms with van der Waals surface area (Å²) in [6, 6.07) is 11.0. The number of anilines is 1. The van der Waals surface area contributed by atoms with Crippen LogP contribution in [0.4, 0.5) is 6.01 Å². The fourth-order valence-corrected chi connectivity index (χ4v) is 5.47. The average molecular weight is 515 g/mol. The third-order valence-corrected chi connectivity index (χ3v) is 7.67. The highest BCUT2D eigenvalue weighted by Gasteiger charge is 2.25. The number of nitrogens with zero attached hydrogens (tertiary/aromatic N) is 3. The van der Waals surface area contributed by atoms with Gasteiger partial charge in [-0.05, 0) is 69.2 Å². The van der Waals surface area contributed by atoms with Crippen LogP contribution in [0.3, 0.4) is 0 Å². The molecule has 0 bridgehead atoms. The second-order valence-electron chi connectivity index (χ2n) is 8.24. The Bertz CT molecular complexity index is 1280. The van der Waals surface area contributed by atoms with E-state index >= 15 is 0 Å². The van der Waals surface area contributed by atoms with Gasteiger partial charge in [0.15, 0.2) is 11.5 Å². The molecule has 1 N–H and O–H groups in total. The molecule has 1 amide bonds. The van der Waals surface area contributed by atoms with E-state index in [1.807, 2.05) is 13.8 Å². The summed E-state index contributed by atoms with van der Waals surface area (Å²) >= 11 is 0. The number of sulfonamides is 1. The number of amides is 1. The lowest BCUT2D eigenvalue weighted by Crippen LogP contribution is -2.31. The molecule has 0 radical (unpaired) electrons. The van der Waals surface area contributed by atoms with Crippen LogP contribution in [0.1, 0.15) is 49.9 Å². The maximum Gasteiger partial charge on any atom is 0.322 e. The largest absolute Gasteiger partial charge is 0.490 e. The van der Waals surface area contributed by atoms with Crippen molar-refractivity contribution in [3.05, 3.63) is 48.0 Å². The molecule has 2 aromatic carbocycles. The predicted octanol–water partition coefficient (Wildman–Crippen LogP) is 4.35. The van der Waals surface area contributed by atoms with Crippen molar-refractivity contribution in [2.24, 2.45) is 0 Å². The van der Waals surface area contributed by atoms with Crippen LogP contribution in [0.5, 0.6) is 11.5 Å². The summed E-state index contributed by atoms with van der Waals surface area (Å²) in [6.45, 7) is 5.77. The number of benzene rings is 2. The van der Waals surface area contributed by atoms with Gasteiger partial charge in [-0.1, -0.05) is 17.9 Å². The van der Waals surface area contributed by atoms with Gasteiger partial charge in [-0.25, -0.2) is 8.42 Å². The molecule has 36 heavy (non-hydrogen) atoms. The molecular weight excluding hydrogens is 484 g/mol. The highest BCUT2D eigenvalue weighted by molar-refractivity contribution is 7.89. The lowest BCUT2D eigenvalue weighted by molar-refractivity contribution is 0.102. The van der Waals surface area contributed by atoms with E-state index in [2.05, 4.69) is 15.5 Å². The second-order valence-corrected chi connectivity index (χ2v) is 10.2. The Kier molecular flexibility index (Phi) is 8.21. The zero-order valence-corrected chi connectivity index (χ0v) is 21.2. The monoisotopic (exact) mass is 514 g/mol. The Morgan fingerprint density at radius 1 is 0.944 bits per heavy atom. The maximum atomic E-state index is 12.9. The van der Waals surface area contributed by atoms with E-state index in [-0.39, 0.29) is 22.4 Å². The summed E-state index contributed by atoms with van der Waals surface area (Å²) in [5, 5.41) is 10.5. The molecule has 0 saturated carbocycles. The minimum atomic E-state index is -3.59. The van der Waals surface area contributed by atoms with Crippen LogP contribution in [0.25, 0.3) is 11.5 Å². The molecule has 1 aliphatic heterocycles. The normalized spacial score (nSPS) is 14.7. The number of carbonyl (C=O) groups excluding carboxylic acids is 1. The van der Waals surface area contributed by atoms with E-state index in [9.17, 15) is 13.2 Å². The molecular formula is C25H30N4O6S. The summed E-state index contributed by atoms with van der Waals surface area (Å²) in [5.41, 5.74) is 0.877. The highest BCUT2D eigenvalue weighted by atomic mass is 32.2. The van der Waals surface area contributed by atoms with Crippen LogP contribution in [0, 0.1) is 0 Å². The Morgan fingerprint density at radius 3 is 2.28 bits per heavy atom. The topological polar surface area (TPSA) is 124 Å². The van der Waals surface area contributed by atoms with E-state index in [0.29, 0.717) is 43.4 Å². The highest BCUT2D eigenvalue weighted by Crippen LogP contribution is 2.33. The van der Waals surface area contributed by atoms with Gasteiger partial charge in [0.2, 0.25) is 15.9 Å². The van der Waals surface area contributed by atoms with Crippen molar-refractivity contribution in [1.82, 2.24) is 14.5 Å². The average Bonchev–Trinajstić information content (AvgIpc) is 3.16. The van der Waals surface area contributed by atoms with Gasteiger partial charge in [-0.15, -0.1) is 5.10 Å². The van der Waals surface area contributed by atoms with Gasteiger partial charge < -0.3 is 13.9 Å². The van der Waals surface area contributed by atoms with Gasteiger partial charge in [-0.3, -0.25) is 10.1 Å². The number of carbonyl (C=O) groups is 1. The molecule has 11 heteroatoms. The number of hydrogen-bond donors (Lipinski definition) is 1. The third-order valence-electron chi connectivity index (χ3n) is 5.76. The summed E-state index contributed by atoms with van der Waals surface area (Å²) in [4.78, 5) is 12.9. The quantitative estimate of drug-likeness (QED) is 0.447. The Morgan fingerprint density at radius 2 is 1.61 bits per heavy atom. The van der Waals surface area contributed by atoms with E-state index in [1.54, 1.807) is 18.2 Å². The van der Waals surface area contributed by atoms with E-state index in [1.165, 1.54) is 28.6 Å². The molecule has 0 atom stereocenters. The first-order valence-corrected chi connectivity index (χ1v) is 13.5. The maximum absolute atomic E-state index is 12.9. The van der Waals surface area contributed by atoms with E-state index in [4.69, 9.17) is 13.9 Å². The van der Waals surface area contributed by atoms with Crippen LogP contribution in [0.15, 0.2) is 51.8 Å². The smallest absolute Gasteiger partial charge is 0.322 e. The second kappa shape index (κ2) is 11.5. The molecule has 1 aliphatic rings. The van der Waals surface area contributed by atoms with Crippen molar-refractivity contribution in [3.63, 3.8) is 0 Å². The molecule has 192 valence electrons. The van der Waals surface area contributed by atoms with Crippen LogP contribution >= 0.6 is 0 Å². The number of aromatic nitrogens is 2. The molecule has 1 fully saturated rings. The third kappa shape index (κ3) is 5.85. The lowest BCUT2D eigenvalue weighted by atomic mass is 10.2. The molecule has 0 unspecified atom stereocenters. The van der Waals surface area contributed by atoms with Gasteiger partial charge in [0, 0.05) is 24.2 Å². The molecule has 0 spiro atoms. The molecule has 1 aromatic heterocycles. The minimum Gasteiger partial charge on any atom is -0.490 e. The van der Waals surface area contributed by atoms with Gasteiger partial charge in [0.25, 0.3) is 5.91 Å². The molecule has 2 heterocycles. The number of ether oxygens (including phenoxy) is 2. The fourth-order valence-electron chi connectivity index (χ4n) is 3.95. The number of rotatable bonds is 9. The zero-order chi connectivity index (χ0) is 25.5. The molecule has 3 aromatic rings. The first kappa shape index (κ1) is 25.6. The molecule has 10 nitrogen and oxygen atoms in total. The van der Waals surface area contributed by atoms with Crippen molar-refractivity contribution in [2.45, 2.75) is 44.4 Å². The van der Waals surface area contributed by atoms with Crippen molar-refractivity contribution in [1.29, 1.82) is 0 Å². The first-order valence-electron chi connectivity index (χ1n) is 12.1. The van der Waals surface area contributed by atoms with Gasteiger partial charge in [0.05, 0.1) is 18.1 Å². The Labute approximate surface area is 210 Å². The molecule has 4 rings (SSSR count). The van der Waals surface area contributed by atoms with Crippen molar-refractivity contribution in [2.75, 3.05) is 31.6 Å². The molecule has 1 saturated heterocycles. The van der Waals surface area contributed by atoms with Crippen LogP contribution < -0.4 is 14.8 Å².